The van der Waals surface area contributed by atoms with E-state index in [0.717, 1.165) is 6.07 Å². The third-order valence-corrected chi connectivity index (χ3v) is 2.33. The number of amides is 1. The van der Waals surface area contributed by atoms with Crippen molar-refractivity contribution in [3.63, 3.8) is 0 Å². The summed E-state index contributed by atoms with van der Waals surface area (Å²) >= 11 is 0. The molecular formula is C12H16F2N2O2. The van der Waals surface area contributed by atoms with Crippen molar-refractivity contribution in [1.82, 2.24) is 5.32 Å². The Morgan fingerprint density at radius 1 is 1.44 bits per heavy atom. The van der Waals surface area contributed by atoms with Gasteiger partial charge in [0, 0.05) is 19.2 Å². The van der Waals surface area contributed by atoms with E-state index in [1.807, 2.05) is 6.92 Å². The zero-order valence-corrected chi connectivity index (χ0v) is 10.3. The fraction of sp³-hybridized carbons (Fsp3) is 0.417. The first-order valence-electron chi connectivity index (χ1n) is 5.60. The number of anilines is 1. The van der Waals surface area contributed by atoms with E-state index in [1.54, 1.807) is 6.92 Å². The summed E-state index contributed by atoms with van der Waals surface area (Å²) in [7, 11) is 0. The van der Waals surface area contributed by atoms with Crippen LogP contribution in [0, 0.1) is 11.6 Å². The van der Waals surface area contributed by atoms with Crippen LogP contribution in [0.2, 0.25) is 0 Å². The molecule has 0 aliphatic heterocycles. The second-order valence-electron chi connectivity index (χ2n) is 3.83. The average molecular weight is 258 g/mol. The van der Waals surface area contributed by atoms with Crippen LogP contribution < -0.4 is 11.1 Å². The lowest BCUT2D eigenvalue weighted by Gasteiger charge is -2.13. The molecule has 0 bridgehead atoms. The Bertz CT molecular complexity index is 438. The molecule has 0 saturated carbocycles. The van der Waals surface area contributed by atoms with Gasteiger partial charge in [-0.2, -0.15) is 0 Å². The van der Waals surface area contributed by atoms with Gasteiger partial charge in [-0.05, 0) is 19.9 Å². The predicted molar refractivity (Wildman–Crippen MR) is 64.2 cm³/mol. The van der Waals surface area contributed by atoms with Crippen molar-refractivity contribution < 1.29 is 18.3 Å². The lowest BCUT2D eigenvalue weighted by molar-refractivity contribution is 0.0693. The standard InChI is InChI=1S/C12H16F2N2O2/c1-3-18-7(2)6-16-12(17)8-4-11(15)10(14)5-9(8)13/h4-5,7H,3,6,15H2,1-2H3,(H,16,17). The topological polar surface area (TPSA) is 64.3 Å². The van der Waals surface area contributed by atoms with Gasteiger partial charge >= 0.3 is 0 Å². The quantitative estimate of drug-likeness (QED) is 0.790. The van der Waals surface area contributed by atoms with Crippen molar-refractivity contribution in [2.24, 2.45) is 0 Å². The zero-order chi connectivity index (χ0) is 13.7. The molecule has 0 heterocycles. The third kappa shape index (κ3) is 3.66. The molecule has 3 N–H and O–H groups in total. The van der Waals surface area contributed by atoms with Crippen molar-refractivity contribution in [2.45, 2.75) is 20.0 Å². The maximum absolute atomic E-state index is 13.4. The second kappa shape index (κ2) is 6.30. The summed E-state index contributed by atoms with van der Waals surface area (Å²) in [5.41, 5.74) is 4.74. The molecule has 0 aliphatic carbocycles. The molecule has 1 rings (SSSR count). The van der Waals surface area contributed by atoms with Gasteiger partial charge in [0.25, 0.3) is 5.91 Å². The number of halogens is 2. The normalized spacial score (nSPS) is 12.2. The Balaban J connectivity index is 2.70. The Kier molecular flexibility index (Phi) is 5.03. The van der Waals surface area contributed by atoms with Gasteiger partial charge < -0.3 is 15.8 Å². The summed E-state index contributed by atoms with van der Waals surface area (Å²) in [4.78, 5) is 11.7. The highest BCUT2D eigenvalue weighted by atomic mass is 19.1. The number of benzene rings is 1. The van der Waals surface area contributed by atoms with Crippen LogP contribution in [0.5, 0.6) is 0 Å². The van der Waals surface area contributed by atoms with E-state index < -0.39 is 17.5 Å². The number of nitrogens with two attached hydrogens (primary N) is 1. The first-order valence-corrected chi connectivity index (χ1v) is 5.60. The molecule has 0 saturated heterocycles. The van der Waals surface area contributed by atoms with E-state index in [1.165, 1.54) is 0 Å². The van der Waals surface area contributed by atoms with E-state index in [2.05, 4.69) is 5.32 Å². The summed E-state index contributed by atoms with van der Waals surface area (Å²) in [5, 5.41) is 2.49. The van der Waals surface area contributed by atoms with Crippen LogP contribution in [-0.4, -0.2) is 25.2 Å². The Morgan fingerprint density at radius 2 is 2.11 bits per heavy atom. The van der Waals surface area contributed by atoms with Crippen LogP contribution in [0.4, 0.5) is 14.5 Å². The lowest BCUT2D eigenvalue weighted by Crippen LogP contribution is -2.32. The molecule has 0 aromatic heterocycles. The van der Waals surface area contributed by atoms with Gasteiger partial charge in [-0.15, -0.1) is 0 Å². The van der Waals surface area contributed by atoms with Gasteiger partial charge in [0.1, 0.15) is 11.6 Å². The van der Waals surface area contributed by atoms with E-state index >= 15 is 0 Å². The van der Waals surface area contributed by atoms with Crippen LogP contribution in [-0.2, 0) is 4.74 Å². The molecule has 6 heteroatoms. The summed E-state index contributed by atoms with van der Waals surface area (Å²) in [6.45, 7) is 4.37. The average Bonchev–Trinajstić information content (AvgIpc) is 2.31. The van der Waals surface area contributed by atoms with Crippen LogP contribution >= 0.6 is 0 Å². The van der Waals surface area contributed by atoms with Crippen LogP contribution in [0.25, 0.3) is 0 Å². The minimum Gasteiger partial charge on any atom is -0.396 e. The van der Waals surface area contributed by atoms with Crippen molar-refractivity contribution >= 4 is 11.6 Å². The van der Waals surface area contributed by atoms with Crippen molar-refractivity contribution in [3.8, 4) is 0 Å². The van der Waals surface area contributed by atoms with E-state index in [9.17, 15) is 13.6 Å². The number of carbonyl (C=O) groups is 1. The predicted octanol–water partition coefficient (Wildman–Crippen LogP) is 1.70. The summed E-state index contributed by atoms with van der Waals surface area (Å²) < 4.78 is 31.5. The van der Waals surface area contributed by atoms with Gasteiger partial charge in [0.2, 0.25) is 0 Å². The second-order valence-corrected chi connectivity index (χ2v) is 3.83. The van der Waals surface area contributed by atoms with Crippen molar-refractivity contribution in [3.05, 3.63) is 29.3 Å². The first kappa shape index (κ1) is 14.4. The number of hydrogen-bond acceptors (Lipinski definition) is 3. The van der Waals surface area contributed by atoms with Crippen LogP contribution in [0.3, 0.4) is 0 Å². The zero-order valence-electron chi connectivity index (χ0n) is 10.3. The fourth-order valence-electron chi connectivity index (χ4n) is 1.41. The van der Waals surface area contributed by atoms with Gasteiger partial charge in [-0.25, -0.2) is 8.78 Å². The fourth-order valence-corrected chi connectivity index (χ4v) is 1.41. The van der Waals surface area contributed by atoms with Crippen molar-refractivity contribution in [2.75, 3.05) is 18.9 Å². The molecule has 18 heavy (non-hydrogen) atoms. The number of ether oxygens (including phenoxy) is 1. The molecule has 0 spiro atoms. The summed E-state index contributed by atoms with van der Waals surface area (Å²) in [6.07, 6.45) is -0.181. The molecule has 0 aliphatic rings. The number of nitrogen functional groups attached to an aromatic ring is 1. The van der Waals surface area contributed by atoms with E-state index in [0.29, 0.717) is 12.7 Å². The maximum Gasteiger partial charge on any atom is 0.254 e. The molecular weight excluding hydrogens is 242 g/mol. The SMILES string of the molecule is CCOC(C)CNC(=O)c1cc(N)c(F)cc1F. The Morgan fingerprint density at radius 3 is 2.72 bits per heavy atom. The molecule has 4 nitrogen and oxygen atoms in total. The minimum absolute atomic E-state index is 0.181. The van der Waals surface area contributed by atoms with Crippen LogP contribution in [0.1, 0.15) is 24.2 Å². The minimum atomic E-state index is -0.941. The maximum atomic E-state index is 13.4. The lowest BCUT2D eigenvalue weighted by atomic mass is 10.1. The highest BCUT2D eigenvalue weighted by Crippen LogP contribution is 2.16. The Labute approximate surface area is 104 Å². The largest absolute Gasteiger partial charge is 0.396 e. The number of carbonyl (C=O) groups excluding carboxylic acids is 1. The van der Waals surface area contributed by atoms with E-state index in [4.69, 9.17) is 10.5 Å². The summed E-state index contributed by atoms with van der Waals surface area (Å²) in [6, 6.07) is 1.57. The highest BCUT2D eigenvalue weighted by molar-refractivity contribution is 5.95. The molecule has 1 amide bonds. The van der Waals surface area contributed by atoms with E-state index in [-0.39, 0.29) is 23.9 Å². The molecule has 100 valence electrons. The van der Waals surface area contributed by atoms with Gasteiger partial charge in [-0.1, -0.05) is 0 Å². The Hall–Kier alpha value is -1.69. The highest BCUT2D eigenvalue weighted by Gasteiger charge is 2.15. The van der Waals surface area contributed by atoms with Gasteiger partial charge in [0.15, 0.2) is 0 Å². The first-order chi connectivity index (χ1) is 8.45. The van der Waals surface area contributed by atoms with Gasteiger partial charge in [-0.3, -0.25) is 4.79 Å². The third-order valence-electron chi connectivity index (χ3n) is 2.33. The smallest absolute Gasteiger partial charge is 0.254 e. The number of rotatable bonds is 5. The molecule has 1 atom stereocenters. The monoisotopic (exact) mass is 258 g/mol. The van der Waals surface area contributed by atoms with Crippen molar-refractivity contribution in [1.29, 1.82) is 0 Å². The molecule has 1 aromatic rings. The van der Waals surface area contributed by atoms with Gasteiger partial charge in [0.05, 0.1) is 17.4 Å². The van der Waals surface area contributed by atoms with Crippen LogP contribution in [0.15, 0.2) is 12.1 Å². The molecule has 1 unspecified atom stereocenters. The molecule has 1 aromatic carbocycles. The molecule has 0 fully saturated rings. The number of hydrogen-bond donors (Lipinski definition) is 2. The summed E-state index contributed by atoms with van der Waals surface area (Å²) in [5.74, 6) is -2.47. The molecule has 0 radical (unpaired) electrons. The number of nitrogens with one attached hydrogen (secondary N) is 1.